The Balaban J connectivity index is 1.70. The fraction of sp³-hybridized carbons (Fsp3) is 0.115. The van der Waals surface area contributed by atoms with E-state index in [-0.39, 0.29) is 5.63 Å². The maximum absolute atomic E-state index is 12.7. The predicted molar refractivity (Wildman–Crippen MR) is 116 cm³/mol. The molecule has 0 atom stereocenters. The zero-order chi connectivity index (χ0) is 20.0. The predicted octanol–water partition coefficient (Wildman–Crippen LogP) is 6.41. The van der Waals surface area contributed by atoms with Gasteiger partial charge in [-0.25, -0.2) is 4.79 Å². The first-order valence-corrected chi connectivity index (χ1v) is 9.68. The summed E-state index contributed by atoms with van der Waals surface area (Å²) in [4.78, 5) is 12.7. The van der Waals surface area contributed by atoms with Crippen molar-refractivity contribution in [1.82, 2.24) is 0 Å². The number of hydrogen-bond acceptors (Lipinski definition) is 3. The summed E-state index contributed by atoms with van der Waals surface area (Å²) in [5, 5.41) is 1.96. The molecular formula is C26H20O3. The molecule has 142 valence electrons. The van der Waals surface area contributed by atoms with Gasteiger partial charge in [-0.1, -0.05) is 60.2 Å². The fourth-order valence-corrected chi connectivity index (χ4v) is 3.87. The van der Waals surface area contributed by atoms with Crippen LogP contribution in [0.25, 0.3) is 33.1 Å². The molecule has 5 aromatic rings. The van der Waals surface area contributed by atoms with Gasteiger partial charge in [-0.15, -0.1) is 0 Å². The average Bonchev–Trinajstić information content (AvgIpc) is 3.14. The van der Waals surface area contributed by atoms with E-state index in [2.05, 4.69) is 37.3 Å². The smallest absolute Gasteiger partial charge is 0.340 e. The van der Waals surface area contributed by atoms with Gasteiger partial charge in [-0.05, 0) is 36.6 Å². The summed E-state index contributed by atoms with van der Waals surface area (Å²) < 4.78 is 11.5. The molecule has 0 fully saturated rings. The molecule has 0 amide bonds. The molecular weight excluding hydrogens is 360 g/mol. The zero-order valence-electron chi connectivity index (χ0n) is 16.4. The molecule has 3 heteroatoms. The van der Waals surface area contributed by atoms with E-state index in [0.29, 0.717) is 23.2 Å². The molecule has 3 nitrogen and oxygen atoms in total. The number of hydrogen-bond donors (Lipinski definition) is 0. The lowest BCUT2D eigenvalue weighted by molar-refractivity contribution is 0.549. The molecule has 0 unspecified atom stereocenters. The van der Waals surface area contributed by atoms with Crippen LogP contribution in [0.1, 0.15) is 22.3 Å². The third-order valence-corrected chi connectivity index (χ3v) is 5.57. The SMILES string of the molecule is Cc1ccc(-c2coc3cc4oc(=O)c(Cc5ccccc5)c(C)c4cc23)cc1. The second-order valence-corrected chi connectivity index (χ2v) is 7.52. The van der Waals surface area contributed by atoms with Crippen molar-refractivity contribution < 1.29 is 8.83 Å². The van der Waals surface area contributed by atoms with Gasteiger partial charge in [-0.3, -0.25) is 0 Å². The molecule has 0 radical (unpaired) electrons. The van der Waals surface area contributed by atoms with Crippen molar-refractivity contribution in [3.05, 3.63) is 106 Å². The molecule has 0 saturated carbocycles. The van der Waals surface area contributed by atoms with Gasteiger partial charge in [0.2, 0.25) is 0 Å². The van der Waals surface area contributed by atoms with Crippen LogP contribution in [-0.4, -0.2) is 0 Å². The molecule has 5 rings (SSSR count). The molecule has 2 aromatic heterocycles. The lowest BCUT2D eigenvalue weighted by atomic mass is 9.97. The highest BCUT2D eigenvalue weighted by molar-refractivity contribution is 6.02. The summed E-state index contributed by atoms with van der Waals surface area (Å²) in [6, 6.07) is 22.3. The van der Waals surface area contributed by atoms with Gasteiger partial charge in [0.05, 0.1) is 6.26 Å². The summed E-state index contributed by atoms with van der Waals surface area (Å²) in [5.74, 6) is 0. The Morgan fingerprint density at radius 3 is 2.34 bits per heavy atom. The third-order valence-electron chi connectivity index (χ3n) is 5.57. The van der Waals surface area contributed by atoms with Crippen molar-refractivity contribution in [1.29, 1.82) is 0 Å². The summed E-state index contributed by atoms with van der Waals surface area (Å²) >= 11 is 0. The van der Waals surface area contributed by atoms with Gasteiger partial charge in [0.1, 0.15) is 11.2 Å². The quantitative estimate of drug-likeness (QED) is 0.340. The first-order chi connectivity index (χ1) is 14.1. The second-order valence-electron chi connectivity index (χ2n) is 7.52. The number of aryl methyl sites for hydroxylation is 2. The van der Waals surface area contributed by atoms with E-state index in [9.17, 15) is 4.79 Å². The van der Waals surface area contributed by atoms with E-state index in [1.807, 2.05) is 43.3 Å². The summed E-state index contributed by atoms with van der Waals surface area (Å²) in [6.45, 7) is 4.07. The number of fused-ring (bicyclic) bond motifs is 2. The molecule has 2 heterocycles. The van der Waals surface area contributed by atoms with Crippen molar-refractivity contribution >= 4 is 21.9 Å². The van der Waals surface area contributed by atoms with Crippen LogP contribution in [0.4, 0.5) is 0 Å². The normalized spacial score (nSPS) is 11.4. The van der Waals surface area contributed by atoms with Crippen LogP contribution >= 0.6 is 0 Å². The second kappa shape index (κ2) is 6.78. The van der Waals surface area contributed by atoms with Crippen LogP contribution in [0.15, 0.2) is 86.6 Å². The molecule has 0 bridgehead atoms. The Hall–Kier alpha value is -3.59. The van der Waals surface area contributed by atoms with Crippen molar-refractivity contribution in [2.45, 2.75) is 20.3 Å². The van der Waals surface area contributed by atoms with E-state index in [1.54, 1.807) is 6.26 Å². The van der Waals surface area contributed by atoms with E-state index in [1.165, 1.54) is 5.56 Å². The van der Waals surface area contributed by atoms with Crippen molar-refractivity contribution in [2.24, 2.45) is 0 Å². The van der Waals surface area contributed by atoms with Crippen LogP contribution in [0, 0.1) is 13.8 Å². The first-order valence-electron chi connectivity index (χ1n) is 9.68. The largest absolute Gasteiger partial charge is 0.464 e. The van der Waals surface area contributed by atoms with Gasteiger partial charge in [0, 0.05) is 34.4 Å². The van der Waals surface area contributed by atoms with E-state index in [4.69, 9.17) is 8.83 Å². The molecule has 0 spiro atoms. The van der Waals surface area contributed by atoms with Crippen LogP contribution < -0.4 is 5.63 Å². The monoisotopic (exact) mass is 380 g/mol. The minimum atomic E-state index is -0.288. The number of rotatable bonds is 3. The number of furan rings is 1. The lowest BCUT2D eigenvalue weighted by Gasteiger charge is -2.08. The van der Waals surface area contributed by atoms with Crippen LogP contribution in [0.3, 0.4) is 0 Å². The van der Waals surface area contributed by atoms with Crippen molar-refractivity contribution in [2.75, 3.05) is 0 Å². The highest BCUT2D eigenvalue weighted by Crippen LogP contribution is 2.34. The van der Waals surface area contributed by atoms with Crippen LogP contribution in [-0.2, 0) is 6.42 Å². The Morgan fingerprint density at radius 1 is 0.828 bits per heavy atom. The maximum atomic E-state index is 12.7. The van der Waals surface area contributed by atoms with Crippen LogP contribution in [0.5, 0.6) is 0 Å². The summed E-state index contributed by atoms with van der Waals surface area (Å²) in [6.07, 6.45) is 2.33. The van der Waals surface area contributed by atoms with Crippen molar-refractivity contribution in [3.63, 3.8) is 0 Å². The minimum absolute atomic E-state index is 0.288. The van der Waals surface area contributed by atoms with Gasteiger partial charge in [-0.2, -0.15) is 0 Å². The molecule has 0 N–H and O–H groups in total. The van der Waals surface area contributed by atoms with E-state index in [0.717, 1.165) is 33.0 Å². The lowest BCUT2D eigenvalue weighted by Crippen LogP contribution is -2.10. The fourth-order valence-electron chi connectivity index (χ4n) is 3.87. The Bertz CT molecular complexity index is 1390. The Labute approximate surface area is 168 Å². The van der Waals surface area contributed by atoms with Gasteiger partial charge in [0.15, 0.2) is 0 Å². The summed E-state index contributed by atoms with van der Waals surface area (Å²) in [5.41, 5.74) is 7.09. The minimum Gasteiger partial charge on any atom is -0.464 e. The molecule has 0 aliphatic heterocycles. The van der Waals surface area contributed by atoms with E-state index >= 15 is 0 Å². The Kier molecular flexibility index (Phi) is 4.09. The molecule has 0 aliphatic rings. The topological polar surface area (TPSA) is 43.4 Å². The van der Waals surface area contributed by atoms with Gasteiger partial charge < -0.3 is 8.83 Å². The molecule has 29 heavy (non-hydrogen) atoms. The summed E-state index contributed by atoms with van der Waals surface area (Å²) in [7, 11) is 0. The van der Waals surface area contributed by atoms with Crippen LogP contribution in [0.2, 0.25) is 0 Å². The van der Waals surface area contributed by atoms with Gasteiger partial charge >= 0.3 is 5.63 Å². The first kappa shape index (κ1) is 17.5. The van der Waals surface area contributed by atoms with Crippen molar-refractivity contribution in [3.8, 4) is 11.1 Å². The molecule has 3 aromatic carbocycles. The zero-order valence-corrected chi connectivity index (χ0v) is 16.4. The third kappa shape index (κ3) is 3.05. The maximum Gasteiger partial charge on any atom is 0.340 e. The standard InChI is InChI=1S/C26H20O3/c1-16-8-10-19(11-9-16)23-15-28-24-14-25-20(13-22(23)24)17(2)21(26(27)29-25)12-18-6-4-3-5-7-18/h3-11,13-15H,12H2,1-2H3. The molecule has 0 aliphatic carbocycles. The highest BCUT2D eigenvalue weighted by atomic mass is 16.4. The van der Waals surface area contributed by atoms with Gasteiger partial charge in [0.25, 0.3) is 0 Å². The number of benzene rings is 3. The van der Waals surface area contributed by atoms with E-state index < -0.39 is 0 Å². The highest BCUT2D eigenvalue weighted by Gasteiger charge is 2.16. The molecule has 0 saturated heterocycles. The Morgan fingerprint density at radius 2 is 1.59 bits per heavy atom. The average molecular weight is 380 g/mol.